The first-order chi connectivity index (χ1) is 13.6. The van der Waals surface area contributed by atoms with Gasteiger partial charge in [0, 0.05) is 34.9 Å². The van der Waals surface area contributed by atoms with Gasteiger partial charge in [-0.05, 0) is 54.7 Å². The van der Waals surface area contributed by atoms with Crippen LogP contribution in [0.4, 0.5) is 11.4 Å². The van der Waals surface area contributed by atoms with E-state index >= 15 is 0 Å². The largest absolute Gasteiger partial charge is 0.322 e. The predicted octanol–water partition coefficient (Wildman–Crippen LogP) is 5.07. The zero-order chi connectivity index (χ0) is 19.5. The average molecular weight is 395 g/mol. The maximum Gasteiger partial charge on any atom is 0.248 e. The maximum atomic E-state index is 12.9. The Kier molecular flexibility index (Phi) is 5.49. The summed E-state index contributed by atoms with van der Waals surface area (Å²) in [5, 5.41) is 3.49. The molecule has 0 bridgehead atoms. The topological polar surface area (TPSA) is 49.4 Å². The van der Waals surface area contributed by atoms with Gasteiger partial charge in [0.2, 0.25) is 11.8 Å². The van der Waals surface area contributed by atoms with Crippen LogP contribution in [0, 0.1) is 5.92 Å². The summed E-state index contributed by atoms with van der Waals surface area (Å²) >= 11 is 6.11. The highest BCUT2D eigenvalue weighted by atomic mass is 35.5. The fourth-order valence-electron chi connectivity index (χ4n) is 4.04. The predicted molar refractivity (Wildman–Crippen MR) is 114 cm³/mol. The lowest BCUT2D eigenvalue weighted by atomic mass is 10.1. The molecule has 4 rings (SSSR count). The van der Waals surface area contributed by atoms with Gasteiger partial charge >= 0.3 is 0 Å². The standard InChI is InChI=1S/C23H23ClN2O2/c24-20-8-4-3-5-16(20)10-12-22(27)25-19-11-9-17-13-14-26(21(17)15-19)23(28)18-6-1-2-7-18/h3-5,8-12,15,18H,1-2,6-7,13-14H2,(H,25,27)/b12-10+. The van der Waals surface area contributed by atoms with Crippen molar-refractivity contribution >= 4 is 40.9 Å². The number of hydrogen-bond donors (Lipinski definition) is 1. The van der Waals surface area contributed by atoms with E-state index < -0.39 is 0 Å². The van der Waals surface area contributed by atoms with Crippen LogP contribution in [0.5, 0.6) is 0 Å². The molecule has 0 spiro atoms. The molecule has 1 saturated carbocycles. The fourth-order valence-corrected chi connectivity index (χ4v) is 4.24. The van der Waals surface area contributed by atoms with Gasteiger partial charge in [-0.1, -0.05) is 48.7 Å². The van der Waals surface area contributed by atoms with Crippen molar-refractivity contribution in [2.75, 3.05) is 16.8 Å². The molecular formula is C23H23ClN2O2. The molecule has 0 atom stereocenters. The Balaban J connectivity index is 1.46. The minimum absolute atomic E-state index is 0.155. The second-order valence-electron chi connectivity index (χ2n) is 7.41. The molecule has 28 heavy (non-hydrogen) atoms. The van der Waals surface area contributed by atoms with Crippen molar-refractivity contribution < 1.29 is 9.59 Å². The number of benzene rings is 2. The molecule has 1 N–H and O–H groups in total. The number of hydrogen-bond acceptors (Lipinski definition) is 2. The summed E-state index contributed by atoms with van der Waals surface area (Å²) in [6, 6.07) is 13.2. The molecule has 4 nitrogen and oxygen atoms in total. The lowest BCUT2D eigenvalue weighted by molar-refractivity contribution is -0.122. The number of anilines is 2. The summed E-state index contributed by atoms with van der Waals surface area (Å²) in [6.07, 6.45) is 8.31. The van der Waals surface area contributed by atoms with Crippen molar-refractivity contribution in [2.45, 2.75) is 32.1 Å². The van der Waals surface area contributed by atoms with Crippen LogP contribution in [0.2, 0.25) is 5.02 Å². The zero-order valence-electron chi connectivity index (χ0n) is 15.7. The van der Waals surface area contributed by atoms with E-state index in [2.05, 4.69) is 5.32 Å². The van der Waals surface area contributed by atoms with Crippen LogP contribution in [0.3, 0.4) is 0 Å². The van der Waals surface area contributed by atoms with Crippen molar-refractivity contribution in [3.05, 3.63) is 64.7 Å². The first-order valence-electron chi connectivity index (χ1n) is 9.80. The number of halogens is 1. The third-order valence-corrected chi connectivity index (χ3v) is 5.88. The van der Waals surface area contributed by atoms with E-state index in [1.807, 2.05) is 41.3 Å². The lowest BCUT2D eigenvalue weighted by Crippen LogP contribution is -2.33. The first-order valence-corrected chi connectivity index (χ1v) is 10.2. The van der Waals surface area contributed by atoms with Crippen molar-refractivity contribution in [1.29, 1.82) is 0 Å². The molecule has 0 aromatic heterocycles. The Bertz CT molecular complexity index is 932. The molecule has 2 amide bonds. The molecular weight excluding hydrogens is 372 g/mol. The van der Waals surface area contributed by atoms with Gasteiger partial charge in [0.1, 0.15) is 0 Å². The van der Waals surface area contributed by atoms with Crippen LogP contribution in [-0.4, -0.2) is 18.4 Å². The minimum atomic E-state index is -0.230. The SMILES string of the molecule is O=C(/C=C/c1ccccc1Cl)Nc1ccc2c(c1)N(C(=O)C1CCCC1)CC2. The molecule has 1 heterocycles. The van der Waals surface area contributed by atoms with Crippen LogP contribution < -0.4 is 10.2 Å². The maximum absolute atomic E-state index is 12.9. The summed E-state index contributed by atoms with van der Waals surface area (Å²) < 4.78 is 0. The Labute approximate surface area is 170 Å². The minimum Gasteiger partial charge on any atom is -0.322 e. The zero-order valence-corrected chi connectivity index (χ0v) is 16.4. The highest BCUT2D eigenvalue weighted by Gasteiger charge is 2.31. The van der Waals surface area contributed by atoms with Crippen molar-refractivity contribution in [3.63, 3.8) is 0 Å². The summed E-state index contributed by atoms with van der Waals surface area (Å²) in [7, 11) is 0. The van der Waals surface area contributed by atoms with Crippen molar-refractivity contribution in [3.8, 4) is 0 Å². The third kappa shape index (κ3) is 3.97. The number of fused-ring (bicyclic) bond motifs is 1. The molecule has 5 heteroatoms. The number of nitrogens with one attached hydrogen (secondary N) is 1. The molecule has 1 aliphatic heterocycles. The molecule has 144 valence electrons. The highest BCUT2D eigenvalue weighted by molar-refractivity contribution is 6.32. The molecule has 0 radical (unpaired) electrons. The molecule has 0 saturated heterocycles. The normalized spacial score (nSPS) is 16.5. The van der Waals surface area contributed by atoms with Gasteiger partial charge in [0.05, 0.1) is 0 Å². The first kappa shape index (κ1) is 18.8. The number of rotatable bonds is 4. The van der Waals surface area contributed by atoms with E-state index in [4.69, 9.17) is 11.6 Å². The molecule has 1 fully saturated rings. The van der Waals surface area contributed by atoms with E-state index in [1.54, 1.807) is 12.1 Å². The summed E-state index contributed by atoms with van der Waals surface area (Å²) in [5.41, 5.74) is 3.58. The van der Waals surface area contributed by atoms with Crippen LogP contribution >= 0.6 is 11.6 Å². The number of carbonyl (C=O) groups excluding carboxylic acids is 2. The molecule has 2 aliphatic rings. The van der Waals surface area contributed by atoms with Gasteiger partial charge in [-0.25, -0.2) is 0 Å². The Hall–Kier alpha value is -2.59. The van der Waals surface area contributed by atoms with Crippen molar-refractivity contribution in [1.82, 2.24) is 0 Å². The summed E-state index contributed by atoms with van der Waals surface area (Å²) in [4.78, 5) is 27.1. The monoisotopic (exact) mass is 394 g/mol. The van der Waals surface area contributed by atoms with E-state index in [0.717, 1.165) is 55.5 Å². The van der Waals surface area contributed by atoms with Gasteiger partial charge in [0.25, 0.3) is 0 Å². The van der Waals surface area contributed by atoms with Crippen molar-refractivity contribution in [2.24, 2.45) is 5.92 Å². The smallest absolute Gasteiger partial charge is 0.248 e. The van der Waals surface area contributed by atoms with Crippen LogP contribution in [0.1, 0.15) is 36.8 Å². The third-order valence-electron chi connectivity index (χ3n) is 5.54. The second-order valence-corrected chi connectivity index (χ2v) is 7.82. The Morgan fingerprint density at radius 1 is 1.11 bits per heavy atom. The van der Waals surface area contributed by atoms with Gasteiger partial charge in [-0.2, -0.15) is 0 Å². The summed E-state index contributed by atoms with van der Waals surface area (Å²) in [6.45, 7) is 0.731. The quantitative estimate of drug-likeness (QED) is 0.736. The number of nitrogens with zero attached hydrogens (tertiary/aromatic N) is 1. The van der Waals surface area contributed by atoms with E-state index in [0.29, 0.717) is 10.7 Å². The summed E-state index contributed by atoms with van der Waals surface area (Å²) in [5.74, 6) is 0.160. The van der Waals surface area contributed by atoms with Crippen LogP contribution in [-0.2, 0) is 16.0 Å². The average Bonchev–Trinajstić information content (AvgIpc) is 3.37. The van der Waals surface area contributed by atoms with E-state index in [1.165, 1.54) is 6.08 Å². The van der Waals surface area contributed by atoms with Gasteiger partial charge in [-0.3, -0.25) is 9.59 Å². The molecule has 0 unspecified atom stereocenters. The molecule has 2 aromatic rings. The number of carbonyl (C=O) groups is 2. The Morgan fingerprint density at radius 2 is 1.89 bits per heavy atom. The van der Waals surface area contributed by atoms with Gasteiger partial charge in [0.15, 0.2) is 0 Å². The van der Waals surface area contributed by atoms with Gasteiger partial charge < -0.3 is 10.2 Å². The second kappa shape index (κ2) is 8.19. The molecule has 2 aromatic carbocycles. The molecule has 1 aliphatic carbocycles. The lowest BCUT2D eigenvalue weighted by Gasteiger charge is -2.21. The van der Waals surface area contributed by atoms with Gasteiger partial charge in [-0.15, -0.1) is 0 Å². The van der Waals surface area contributed by atoms with E-state index in [9.17, 15) is 9.59 Å². The van der Waals surface area contributed by atoms with Crippen LogP contribution in [0.15, 0.2) is 48.5 Å². The Morgan fingerprint density at radius 3 is 2.68 bits per heavy atom. The highest BCUT2D eigenvalue weighted by Crippen LogP contribution is 2.35. The van der Waals surface area contributed by atoms with Crippen LogP contribution in [0.25, 0.3) is 6.08 Å². The number of amides is 2. The fraction of sp³-hybridized carbons (Fsp3) is 0.304. The van der Waals surface area contributed by atoms with E-state index in [-0.39, 0.29) is 17.7 Å².